The molecule has 2 aromatic carbocycles. The number of benzene rings is 2. The lowest BCUT2D eigenvalue weighted by Crippen LogP contribution is -2.14. The van der Waals surface area contributed by atoms with Gasteiger partial charge in [-0.25, -0.2) is 4.68 Å². The number of aromatic nitrogens is 3. The minimum absolute atomic E-state index is 0.401. The summed E-state index contributed by atoms with van der Waals surface area (Å²) >= 11 is 3.43. The first-order valence-electron chi connectivity index (χ1n) is 8.29. The molecule has 0 saturated carbocycles. The Morgan fingerprint density at radius 1 is 1.11 bits per heavy atom. The summed E-state index contributed by atoms with van der Waals surface area (Å²) in [5.41, 5.74) is 1.83. The molecule has 28 heavy (non-hydrogen) atoms. The molecule has 1 heterocycles. The number of rotatable bonds is 8. The van der Waals surface area contributed by atoms with Crippen LogP contribution in [0.4, 0.5) is 5.69 Å². The van der Waals surface area contributed by atoms with Gasteiger partial charge in [0.1, 0.15) is 17.1 Å². The highest BCUT2D eigenvalue weighted by Crippen LogP contribution is 2.59. The lowest BCUT2D eigenvalue weighted by atomic mass is 10.3. The van der Waals surface area contributed by atoms with E-state index in [9.17, 15) is 4.57 Å². The summed E-state index contributed by atoms with van der Waals surface area (Å²) in [7, 11) is 0.693. The minimum Gasteiger partial charge on any atom is -0.494 e. The van der Waals surface area contributed by atoms with Crippen LogP contribution in [0.2, 0.25) is 0 Å². The number of ether oxygens (including phenoxy) is 1. The third-order valence-corrected chi connectivity index (χ3v) is 6.61. The Morgan fingerprint density at radius 2 is 1.86 bits per heavy atom. The number of para-hydroxylation sites is 2. The highest BCUT2D eigenvalue weighted by molar-refractivity contribution is 9.10. The van der Waals surface area contributed by atoms with Crippen molar-refractivity contribution in [2.24, 2.45) is 0 Å². The first-order chi connectivity index (χ1) is 13.5. The Labute approximate surface area is 171 Å². The van der Waals surface area contributed by atoms with Crippen LogP contribution in [0.5, 0.6) is 5.75 Å². The van der Waals surface area contributed by atoms with Crippen LogP contribution in [0.1, 0.15) is 11.5 Å². The van der Waals surface area contributed by atoms with Gasteiger partial charge in [0.2, 0.25) is 0 Å². The lowest BCUT2D eigenvalue weighted by Gasteiger charge is -2.24. The van der Waals surface area contributed by atoms with Gasteiger partial charge >= 0.3 is 7.60 Å². The third-order valence-electron chi connectivity index (χ3n) is 4.08. The van der Waals surface area contributed by atoms with E-state index in [0.717, 1.165) is 10.2 Å². The fourth-order valence-corrected chi connectivity index (χ4v) is 4.39. The van der Waals surface area contributed by atoms with Gasteiger partial charge in [-0.2, -0.15) is 0 Å². The molecular formula is C18H20BrN4O4P. The van der Waals surface area contributed by atoms with Gasteiger partial charge in [-0.05, 0) is 30.3 Å². The summed E-state index contributed by atoms with van der Waals surface area (Å²) in [6.45, 7) is 0. The van der Waals surface area contributed by atoms with E-state index in [2.05, 4.69) is 31.6 Å². The van der Waals surface area contributed by atoms with Crippen LogP contribution in [0.15, 0.2) is 59.2 Å². The van der Waals surface area contributed by atoms with E-state index < -0.39 is 13.4 Å². The zero-order chi connectivity index (χ0) is 20.1. The molecule has 0 aliphatic rings. The van der Waals surface area contributed by atoms with E-state index in [-0.39, 0.29) is 0 Å². The number of nitrogens with zero attached hydrogens (tertiary/aromatic N) is 3. The quantitative estimate of drug-likeness (QED) is 0.484. The van der Waals surface area contributed by atoms with E-state index in [1.54, 1.807) is 18.0 Å². The summed E-state index contributed by atoms with van der Waals surface area (Å²) < 4.78 is 31.4. The second-order valence-electron chi connectivity index (χ2n) is 5.72. The molecule has 10 heteroatoms. The van der Waals surface area contributed by atoms with Crippen LogP contribution in [-0.4, -0.2) is 36.3 Å². The summed E-state index contributed by atoms with van der Waals surface area (Å²) in [4.78, 5) is 0. The predicted molar refractivity (Wildman–Crippen MR) is 110 cm³/mol. The Morgan fingerprint density at radius 3 is 2.54 bits per heavy atom. The van der Waals surface area contributed by atoms with Crippen LogP contribution >= 0.6 is 23.5 Å². The van der Waals surface area contributed by atoms with E-state index >= 15 is 0 Å². The highest BCUT2D eigenvalue weighted by atomic mass is 79.9. The lowest BCUT2D eigenvalue weighted by molar-refractivity contribution is 0.268. The van der Waals surface area contributed by atoms with Gasteiger partial charge in [0, 0.05) is 24.4 Å². The Bertz CT molecular complexity index is 989. The average Bonchev–Trinajstić information content (AvgIpc) is 3.21. The number of nitrogens with one attached hydrogen (secondary N) is 1. The Balaban J connectivity index is 2.01. The first kappa shape index (κ1) is 20.5. The van der Waals surface area contributed by atoms with Crippen LogP contribution in [0.3, 0.4) is 0 Å². The van der Waals surface area contributed by atoms with Gasteiger partial charge in [-0.1, -0.05) is 39.3 Å². The molecule has 3 rings (SSSR count). The molecule has 1 unspecified atom stereocenters. The molecule has 8 nitrogen and oxygen atoms in total. The molecule has 0 aliphatic carbocycles. The predicted octanol–water partition coefficient (Wildman–Crippen LogP) is 4.64. The van der Waals surface area contributed by atoms with Crippen molar-refractivity contribution in [3.8, 4) is 11.4 Å². The molecule has 148 valence electrons. The summed E-state index contributed by atoms with van der Waals surface area (Å²) in [5.74, 6) is -0.225. The zero-order valence-electron chi connectivity index (χ0n) is 15.6. The van der Waals surface area contributed by atoms with Crippen LogP contribution < -0.4 is 10.1 Å². The summed E-state index contributed by atoms with van der Waals surface area (Å²) in [6, 6.07) is 14.9. The Hall–Kier alpha value is -2.19. The van der Waals surface area contributed by atoms with E-state index in [0.29, 0.717) is 17.1 Å². The van der Waals surface area contributed by atoms with Crippen LogP contribution in [0.25, 0.3) is 5.69 Å². The SMILES string of the molecule is COc1ccccc1-n1cc(C(Nc2cccc(Br)c2)P(=O)(OC)OC)nn1. The number of methoxy groups -OCH3 is 1. The number of hydrogen-bond donors (Lipinski definition) is 1. The van der Waals surface area contributed by atoms with Crippen molar-refractivity contribution in [3.05, 3.63) is 64.9 Å². The first-order valence-corrected chi connectivity index (χ1v) is 10.7. The maximum Gasteiger partial charge on any atom is 0.358 e. The second-order valence-corrected chi connectivity index (χ2v) is 8.96. The molecule has 0 bridgehead atoms. The minimum atomic E-state index is -3.56. The molecule has 3 aromatic rings. The standard InChI is InChI=1S/C18H20BrN4O4P/c1-25-17-10-5-4-9-16(17)23-12-15(21-22-23)18(28(24,26-2)27-3)20-14-8-6-7-13(19)11-14/h4-12,18,20H,1-3H3. The molecule has 0 amide bonds. The van der Waals surface area contributed by atoms with Crippen molar-refractivity contribution in [3.63, 3.8) is 0 Å². The van der Waals surface area contributed by atoms with Crippen molar-refractivity contribution >= 4 is 29.2 Å². The van der Waals surface area contributed by atoms with Crippen molar-refractivity contribution in [2.45, 2.75) is 5.78 Å². The highest BCUT2D eigenvalue weighted by Gasteiger charge is 2.38. The normalized spacial score (nSPS) is 12.6. The largest absolute Gasteiger partial charge is 0.494 e. The molecule has 1 N–H and O–H groups in total. The molecule has 0 fully saturated rings. The monoisotopic (exact) mass is 466 g/mol. The molecule has 1 atom stereocenters. The van der Waals surface area contributed by atoms with Crippen molar-refractivity contribution in [1.82, 2.24) is 15.0 Å². The third kappa shape index (κ3) is 4.28. The number of hydrogen-bond acceptors (Lipinski definition) is 7. The van der Waals surface area contributed by atoms with E-state index in [1.807, 2.05) is 48.5 Å². The Kier molecular flexibility index (Phi) is 6.51. The average molecular weight is 467 g/mol. The maximum atomic E-state index is 13.2. The van der Waals surface area contributed by atoms with Gasteiger partial charge in [-0.15, -0.1) is 5.10 Å². The molecule has 0 aliphatic heterocycles. The smallest absolute Gasteiger partial charge is 0.358 e. The van der Waals surface area contributed by atoms with Gasteiger partial charge < -0.3 is 19.1 Å². The molecular weight excluding hydrogens is 447 g/mol. The van der Waals surface area contributed by atoms with E-state index in [4.69, 9.17) is 13.8 Å². The van der Waals surface area contributed by atoms with Crippen molar-refractivity contribution in [1.29, 1.82) is 0 Å². The number of halogens is 1. The zero-order valence-corrected chi connectivity index (χ0v) is 18.1. The number of anilines is 1. The van der Waals surface area contributed by atoms with Crippen LogP contribution in [0, 0.1) is 0 Å². The maximum absolute atomic E-state index is 13.2. The van der Waals surface area contributed by atoms with Gasteiger partial charge in [0.05, 0.1) is 13.3 Å². The molecule has 0 saturated heterocycles. The van der Waals surface area contributed by atoms with Crippen molar-refractivity contribution in [2.75, 3.05) is 26.6 Å². The fourth-order valence-electron chi connectivity index (χ4n) is 2.68. The van der Waals surface area contributed by atoms with Gasteiger partial charge in [0.25, 0.3) is 0 Å². The molecule has 0 radical (unpaired) electrons. The van der Waals surface area contributed by atoms with Crippen molar-refractivity contribution < 1.29 is 18.3 Å². The molecule has 1 aromatic heterocycles. The fraction of sp³-hybridized carbons (Fsp3) is 0.222. The van der Waals surface area contributed by atoms with Gasteiger partial charge in [0.15, 0.2) is 5.78 Å². The van der Waals surface area contributed by atoms with Crippen LogP contribution in [-0.2, 0) is 13.6 Å². The summed E-state index contributed by atoms with van der Waals surface area (Å²) in [5, 5.41) is 11.5. The van der Waals surface area contributed by atoms with E-state index in [1.165, 1.54) is 14.2 Å². The summed E-state index contributed by atoms with van der Waals surface area (Å²) in [6.07, 6.45) is 1.66. The second kappa shape index (κ2) is 8.87. The topological polar surface area (TPSA) is 87.5 Å². The van der Waals surface area contributed by atoms with Gasteiger partial charge in [-0.3, -0.25) is 4.57 Å². The molecule has 0 spiro atoms.